The smallest absolute Gasteiger partial charge is 0.251 e. The number of hydrogen-bond acceptors (Lipinski definition) is 3. The number of nitrogens with one attached hydrogen (secondary N) is 2. The van der Waals surface area contributed by atoms with E-state index in [1.165, 1.54) is 12.1 Å². The number of benzene rings is 2. The number of hydrogen-bond donors (Lipinski definition) is 2. The molecule has 1 amide bonds. The van der Waals surface area contributed by atoms with Crippen LogP contribution in [0.2, 0.25) is 0 Å². The Balaban J connectivity index is 1.78. The lowest BCUT2D eigenvalue weighted by atomic mass is 10.0. The Hall–Kier alpha value is -2.55. The summed E-state index contributed by atoms with van der Waals surface area (Å²) in [5, 5.41) is 1.75. The lowest BCUT2D eigenvalue weighted by Gasteiger charge is -2.24. The quantitative estimate of drug-likeness (QED) is 0.855. The van der Waals surface area contributed by atoms with Gasteiger partial charge in [-0.05, 0) is 31.0 Å². The van der Waals surface area contributed by atoms with Gasteiger partial charge in [0.05, 0.1) is 10.9 Å². The summed E-state index contributed by atoms with van der Waals surface area (Å²) in [7, 11) is -3.50. The monoisotopic (exact) mass is 384 g/mol. The minimum Gasteiger partial charge on any atom is -0.348 e. The molecule has 1 unspecified atom stereocenters. The van der Waals surface area contributed by atoms with Crippen molar-refractivity contribution in [2.45, 2.75) is 25.1 Å². The van der Waals surface area contributed by atoms with Crippen LogP contribution < -0.4 is 10.0 Å². The van der Waals surface area contributed by atoms with Crippen molar-refractivity contribution in [3.63, 3.8) is 0 Å². The van der Waals surface area contributed by atoms with Crippen molar-refractivity contribution in [1.82, 2.24) is 5.32 Å². The Bertz CT molecular complexity index is 970. The van der Waals surface area contributed by atoms with Gasteiger partial charge in [0.1, 0.15) is 17.5 Å². The molecule has 0 aromatic heterocycles. The molecule has 138 valence electrons. The van der Waals surface area contributed by atoms with Crippen molar-refractivity contribution in [1.29, 1.82) is 0 Å². The molecule has 5 nitrogen and oxygen atoms in total. The topological polar surface area (TPSA) is 75.3 Å². The van der Waals surface area contributed by atoms with Gasteiger partial charge in [0.25, 0.3) is 5.91 Å². The number of amides is 1. The number of anilines is 1. The predicted molar refractivity (Wildman–Crippen MR) is 89.6 cm³/mol. The Morgan fingerprint density at radius 3 is 2.50 bits per heavy atom. The highest BCUT2D eigenvalue weighted by Crippen LogP contribution is 2.28. The largest absolute Gasteiger partial charge is 0.348 e. The lowest BCUT2D eigenvalue weighted by molar-refractivity contribution is 0.0950. The van der Waals surface area contributed by atoms with Gasteiger partial charge >= 0.3 is 0 Å². The molecule has 1 atom stereocenters. The number of rotatable bonds is 3. The van der Waals surface area contributed by atoms with Crippen molar-refractivity contribution in [3.8, 4) is 0 Å². The number of fused-ring (bicyclic) bond motifs is 1. The Kier molecular flexibility index (Phi) is 4.66. The second-order valence-corrected chi connectivity index (χ2v) is 8.16. The second kappa shape index (κ2) is 6.64. The van der Waals surface area contributed by atoms with Crippen molar-refractivity contribution in [2.24, 2.45) is 0 Å². The minimum absolute atomic E-state index is 0.129. The fourth-order valence-corrected chi connectivity index (χ4v) is 3.77. The van der Waals surface area contributed by atoms with Crippen molar-refractivity contribution >= 4 is 21.6 Å². The van der Waals surface area contributed by atoms with Crippen LogP contribution in [0, 0.1) is 17.5 Å². The van der Waals surface area contributed by atoms with Crippen molar-refractivity contribution in [3.05, 3.63) is 64.5 Å². The van der Waals surface area contributed by atoms with Gasteiger partial charge < -0.3 is 5.32 Å². The van der Waals surface area contributed by atoms with Crippen LogP contribution >= 0.6 is 0 Å². The molecule has 2 N–H and O–H groups in total. The van der Waals surface area contributed by atoms with Crippen LogP contribution in [0.5, 0.6) is 0 Å². The zero-order valence-electron chi connectivity index (χ0n) is 13.6. The number of sulfonamides is 1. The van der Waals surface area contributed by atoms with E-state index < -0.39 is 50.7 Å². The van der Waals surface area contributed by atoms with E-state index in [9.17, 15) is 26.4 Å². The first-order valence-electron chi connectivity index (χ1n) is 7.73. The molecular weight excluding hydrogens is 369 g/mol. The highest BCUT2D eigenvalue weighted by molar-refractivity contribution is 7.93. The molecule has 0 saturated heterocycles. The molecule has 0 bridgehead atoms. The third kappa shape index (κ3) is 3.52. The fraction of sp³-hybridized carbons (Fsp3) is 0.235. The summed E-state index contributed by atoms with van der Waals surface area (Å²) in [6.45, 7) is 1.11. The van der Waals surface area contributed by atoms with Gasteiger partial charge in [-0.25, -0.2) is 21.6 Å². The summed E-state index contributed by atoms with van der Waals surface area (Å²) >= 11 is 0. The molecule has 9 heteroatoms. The number of carbonyl (C=O) groups is 1. The van der Waals surface area contributed by atoms with Gasteiger partial charge in [-0.3, -0.25) is 9.52 Å². The Morgan fingerprint density at radius 2 is 1.85 bits per heavy atom. The molecule has 0 spiro atoms. The standard InChI is InChI=1S/C17H15F3N2O3S/c1-9-4-10-2-3-11(5-16(10)22-26(9,24)25)17(23)21-8-13-14(19)6-12(18)7-15(13)20/h2-3,5-7,9,22H,4,8H2,1H3,(H,21,23). The molecule has 1 aliphatic heterocycles. The molecule has 0 radical (unpaired) electrons. The van der Waals surface area contributed by atoms with E-state index in [4.69, 9.17) is 0 Å². The van der Waals surface area contributed by atoms with E-state index in [0.29, 0.717) is 24.2 Å². The first-order valence-corrected chi connectivity index (χ1v) is 9.28. The summed E-state index contributed by atoms with van der Waals surface area (Å²) in [6.07, 6.45) is 0.318. The average Bonchev–Trinajstić information content (AvgIpc) is 2.54. The molecule has 2 aromatic carbocycles. The zero-order chi connectivity index (χ0) is 19.1. The van der Waals surface area contributed by atoms with E-state index in [2.05, 4.69) is 10.0 Å². The summed E-state index contributed by atoms with van der Waals surface area (Å²) in [6, 6.07) is 5.55. The summed E-state index contributed by atoms with van der Waals surface area (Å²) in [5.74, 6) is -3.90. The van der Waals surface area contributed by atoms with E-state index in [0.717, 1.165) is 5.56 Å². The van der Waals surface area contributed by atoms with Crippen LogP contribution in [-0.4, -0.2) is 19.6 Å². The van der Waals surface area contributed by atoms with E-state index >= 15 is 0 Å². The van der Waals surface area contributed by atoms with Gasteiger partial charge in [0, 0.05) is 29.8 Å². The van der Waals surface area contributed by atoms with Crippen LogP contribution in [0.4, 0.5) is 18.9 Å². The molecule has 0 fully saturated rings. The molecule has 0 aliphatic carbocycles. The van der Waals surface area contributed by atoms with E-state index in [1.54, 1.807) is 13.0 Å². The van der Waals surface area contributed by atoms with Gasteiger partial charge in [-0.1, -0.05) is 6.07 Å². The average molecular weight is 384 g/mol. The molecule has 26 heavy (non-hydrogen) atoms. The first kappa shape index (κ1) is 18.2. The van der Waals surface area contributed by atoms with Crippen LogP contribution in [-0.2, 0) is 23.0 Å². The molecule has 2 aromatic rings. The van der Waals surface area contributed by atoms with Crippen molar-refractivity contribution < 1.29 is 26.4 Å². The Labute approximate surface area is 148 Å². The minimum atomic E-state index is -3.50. The molecule has 1 aliphatic rings. The van der Waals surface area contributed by atoms with Gasteiger partial charge in [0.15, 0.2) is 0 Å². The van der Waals surface area contributed by atoms with Gasteiger partial charge in [-0.15, -0.1) is 0 Å². The highest BCUT2D eigenvalue weighted by Gasteiger charge is 2.28. The normalized spacial score (nSPS) is 17.9. The summed E-state index contributed by atoms with van der Waals surface area (Å²) in [5.41, 5.74) is 0.713. The summed E-state index contributed by atoms with van der Waals surface area (Å²) in [4.78, 5) is 12.2. The van der Waals surface area contributed by atoms with Crippen LogP contribution in [0.15, 0.2) is 30.3 Å². The van der Waals surface area contributed by atoms with Crippen LogP contribution in [0.1, 0.15) is 28.4 Å². The molecule has 1 heterocycles. The number of carbonyl (C=O) groups excluding carboxylic acids is 1. The predicted octanol–water partition coefficient (Wildman–Crippen LogP) is 2.72. The maximum absolute atomic E-state index is 13.6. The molecular formula is C17H15F3N2O3S. The molecule has 3 rings (SSSR count). The van der Waals surface area contributed by atoms with Crippen LogP contribution in [0.25, 0.3) is 0 Å². The zero-order valence-corrected chi connectivity index (χ0v) is 14.5. The van der Waals surface area contributed by atoms with Gasteiger partial charge in [-0.2, -0.15) is 0 Å². The third-order valence-electron chi connectivity index (χ3n) is 4.19. The maximum atomic E-state index is 13.6. The highest BCUT2D eigenvalue weighted by atomic mass is 32.2. The fourth-order valence-electron chi connectivity index (χ4n) is 2.68. The Morgan fingerprint density at radius 1 is 1.19 bits per heavy atom. The first-order chi connectivity index (χ1) is 12.2. The van der Waals surface area contributed by atoms with E-state index in [1.807, 2.05) is 0 Å². The molecule has 0 saturated carbocycles. The van der Waals surface area contributed by atoms with E-state index in [-0.39, 0.29) is 5.56 Å². The third-order valence-corrected chi connectivity index (χ3v) is 5.92. The summed E-state index contributed by atoms with van der Waals surface area (Å²) < 4.78 is 66.3. The lowest BCUT2D eigenvalue weighted by Crippen LogP contribution is -2.32. The maximum Gasteiger partial charge on any atom is 0.251 e. The van der Waals surface area contributed by atoms with Gasteiger partial charge in [0.2, 0.25) is 10.0 Å². The SMILES string of the molecule is CC1Cc2ccc(C(=O)NCc3c(F)cc(F)cc3F)cc2NS1(=O)=O. The second-order valence-electron chi connectivity index (χ2n) is 6.06. The van der Waals surface area contributed by atoms with Crippen molar-refractivity contribution in [2.75, 3.05) is 4.72 Å². The number of halogens is 3. The van der Waals surface area contributed by atoms with Crippen LogP contribution in [0.3, 0.4) is 0 Å².